The van der Waals surface area contributed by atoms with Crippen LogP contribution < -0.4 is 0 Å². The molecule has 0 nitrogen and oxygen atoms in total. The quantitative estimate of drug-likeness (QED) is 0.246. The van der Waals surface area contributed by atoms with Crippen LogP contribution >= 0.6 is 0 Å². The number of rotatable bonds is 4. The molecule has 360 valence electrons. The summed E-state index contributed by atoms with van der Waals surface area (Å²) in [6.45, 7) is 59.2. The number of hydrogen-bond donors (Lipinski definition) is 0. The third kappa shape index (κ3) is 21.3. The molecule has 6 saturated heterocycles. The molecule has 6 unspecified atom stereocenters. The van der Waals surface area contributed by atoms with E-state index in [4.69, 9.17) is 0 Å². The first-order valence-electron chi connectivity index (χ1n) is 27.0. The van der Waals surface area contributed by atoms with Gasteiger partial charge in [0.25, 0.3) is 0 Å². The minimum absolute atomic E-state index is 0.570. The highest BCUT2D eigenvalue weighted by atomic mass is 28.3. The standard InChI is InChI=1S/2C10H22Si.2C9H20Si.2C8H18Si/c1-10(2,3)9-6-7-11(4,5)8-9;1-10(2,3)9-7-6-8-11(9,4)5;1-8(2)9-5-6-10(3,4)7-9;1-8(2)9-6-5-7-10(9,3)4;1-4-8-5-6-9(2,3)7-8;1-4-8-6-5-7-9(8,2)3/h2*9H,6-8H2,1-5H3;2*8-9H,5-7H2,1-4H3;2*8H,4-7H2,1-3H3. The molecule has 6 aliphatic rings. The fourth-order valence-corrected chi connectivity index (χ4v) is 36.9. The second-order valence-electron chi connectivity index (χ2n) is 29.6. The van der Waals surface area contributed by atoms with E-state index < -0.39 is 48.4 Å². The molecule has 0 radical (unpaired) electrons. The summed E-state index contributed by atoms with van der Waals surface area (Å²) in [5.41, 5.74) is 4.48. The molecular weight excluding hydrogens is 817 g/mol. The van der Waals surface area contributed by atoms with Gasteiger partial charge in [0.1, 0.15) is 0 Å². The van der Waals surface area contributed by atoms with E-state index >= 15 is 0 Å². The van der Waals surface area contributed by atoms with E-state index in [1.165, 1.54) is 70.6 Å². The maximum Gasteiger partial charge on any atom is 0.0510 e. The Labute approximate surface area is 389 Å². The highest BCUT2D eigenvalue weighted by Gasteiger charge is 2.43. The third-order valence-electron chi connectivity index (χ3n) is 18.2. The van der Waals surface area contributed by atoms with Crippen LogP contribution in [0, 0.1) is 40.4 Å². The van der Waals surface area contributed by atoms with Gasteiger partial charge in [-0.25, -0.2) is 0 Å². The highest BCUT2D eigenvalue weighted by Crippen LogP contribution is 2.50. The topological polar surface area (TPSA) is 0 Å². The van der Waals surface area contributed by atoms with Crippen molar-refractivity contribution >= 4 is 48.4 Å². The molecule has 6 aliphatic heterocycles. The first kappa shape index (κ1) is 59.3. The average Bonchev–Trinajstić information content (AvgIpc) is 3.93. The van der Waals surface area contributed by atoms with Gasteiger partial charge < -0.3 is 0 Å². The number of hydrogen-bond acceptors (Lipinski definition) is 0. The summed E-state index contributed by atoms with van der Waals surface area (Å²) in [6.07, 6.45) is 16.5. The largest absolute Gasteiger partial charge is 0.0693 e. The van der Waals surface area contributed by atoms with Gasteiger partial charge in [-0.1, -0.05) is 287 Å². The van der Waals surface area contributed by atoms with Crippen molar-refractivity contribution in [1.82, 2.24) is 0 Å². The van der Waals surface area contributed by atoms with E-state index in [9.17, 15) is 0 Å². The van der Waals surface area contributed by atoms with Crippen LogP contribution in [0.15, 0.2) is 0 Å². The summed E-state index contributed by atoms with van der Waals surface area (Å²) in [5, 5.41) is 0. The van der Waals surface area contributed by atoms with Crippen LogP contribution in [0.4, 0.5) is 0 Å². The van der Waals surface area contributed by atoms with E-state index in [2.05, 4.69) is 162 Å². The van der Waals surface area contributed by atoms with E-state index in [0.29, 0.717) is 10.8 Å². The maximum absolute atomic E-state index is 2.57. The van der Waals surface area contributed by atoms with Crippen molar-refractivity contribution < 1.29 is 0 Å². The van der Waals surface area contributed by atoms with Gasteiger partial charge in [0.2, 0.25) is 0 Å². The molecule has 60 heavy (non-hydrogen) atoms. The fourth-order valence-electron chi connectivity index (χ4n) is 13.8. The first-order chi connectivity index (χ1) is 27.0. The lowest BCUT2D eigenvalue weighted by Crippen LogP contribution is -2.34. The van der Waals surface area contributed by atoms with Crippen molar-refractivity contribution in [2.45, 2.75) is 303 Å². The molecule has 0 bridgehead atoms. The molecule has 0 aromatic carbocycles. The van der Waals surface area contributed by atoms with E-state index in [-0.39, 0.29) is 0 Å². The average molecular weight is 938 g/mol. The predicted molar refractivity (Wildman–Crippen MR) is 301 cm³/mol. The summed E-state index contributed by atoms with van der Waals surface area (Å²) < 4.78 is 0. The van der Waals surface area contributed by atoms with Crippen LogP contribution in [0.2, 0.25) is 150 Å². The van der Waals surface area contributed by atoms with Crippen molar-refractivity contribution in [1.29, 1.82) is 0 Å². The minimum Gasteiger partial charge on any atom is -0.0693 e. The van der Waals surface area contributed by atoms with Crippen LogP contribution in [0.25, 0.3) is 0 Å². The van der Waals surface area contributed by atoms with Gasteiger partial charge in [-0.2, -0.15) is 0 Å². The van der Waals surface area contributed by atoms with Crippen LogP contribution in [0.1, 0.15) is 154 Å². The molecule has 6 rings (SSSR count). The first-order valence-corrected chi connectivity index (χ1v) is 47.1. The van der Waals surface area contributed by atoms with Crippen molar-refractivity contribution in [2.24, 2.45) is 40.4 Å². The molecule has 0 amide bonds. The van der Waals surface area contributed by atoms with Gasteiger partial charge in [-0.15, -0.1) is 0 Å². The highest BCUT2D eigenvalue weighted by molar-refractivity contribution is 6.81. The van der Waals surface area contributed by atoms with Gasteiger partial charge in [-0.05, 0) is 57.0 Å². The normalized spacial score (nSPS) is 31.7. The summed E-state index contributed by atoms with van der Waals surface area (Å²) in [5.74, 6) is 5.08. The van der Waals surface area contributed by atoms with Crippen LogP contribution in [-0.2, 0) is 0 Å². The molecule has 0 N–H and O–H groups in total. The lowest BCUT2D eigenvalue weighted by molar-refractivity contribution is 0.264. The summed E-state index contributed by atoms with van der Waals surface area (Å²) >= 11 is 0. The zero-order chi connectivity index (χ0) is 46.8. The molecule has 0 aromatic heterocycles. The summed E-state index contributed by atoms with van der Waals surface area (Å²) in [7, 11) is -4.21. The molecular formula is C54H120Si6. The van der Waals surface area contributed by atoms with Gasteiger partial charge in [-0.3, -0.25) is 0 Å². The smallest absolute Gasteiger partial charge is 0.0510 e. The van der Waals surface area contributed by atoms with E-state index in [1.807, 2.05) is 0 Å². The second-order valence-corrected chi connectivity index (χ2v) is 61.0. The molecule has 0 aromatic rings. The Morgan fingerprint density at radius 3 is 1.10 bits per heavy atom. The van der Waals surface area contributed by atoms with Gasteiger partial charge in [0.05, 0.1) is 24.2 Å². The Morgan fingerprint density at radius 2 is 0.900 bits per heavy atom. The molecule has 0 spiro atoms. The van der Waals surface area contributed by atoms with Crippen LogP contribution in [-0.4, -0.2) is 48.4 Å². The Hall–Kier alpha value is 1.30. The fraction of sp³-hybridized carbons (Fsp3) is 1.00. The lowest BCUT2D eigenvalue weighted by Gasteiger charge is -2.36. The van der Waals surface area contributed by atoms with E-state index in [0.717, 1.165) is 46.2 Å². The van der Waals surface area contributed by atoms with Crippen molar-refractivity contribution in [3.8, 4) is 0 Å². The monoisotopic (exact) mass is 937 g/mol. The maximum atomic E-state index is 2.57. The Kier molecular flexibility index (Phi) is 24.1. The predicted octanol–water partition coefficient (Wildman–Crippen LogP) is 20.9. The van der Waals surface area contributed by atoms with Gasteiger partial charge in [0.15, 0.2) is 0 Å². The SMILES string of the molecule is CC(C)(C)C1CCC[Si]1(C)C.CC(C)(C)C1CC[Si](C)(C)C1.CC(C)C1CCC[Si]1(C)C.CC(C)C1CC[Si](C)(C)C1.CCC1CCC[Si]1(C)C.CCC1CC[Si](C)(C)C1. The van der Waals surface area contributed by atoms with E-state index in [1.54, 1.807) is 54.4 Å². The Morgan fingerprint density at radius 1 is 0.433 bits per heavy atom. The Bertz CT molecular complexity index is 1180. The Balaban J connectivity index is 0.000000361. The molecule has 0 saturated carbocycles. The summed E-state index contributed by atoms with van der Waals surface area (Å²) in [4.78, 5) is 0. The third-order valence-corrected chi connectivity index (χ3v) is 41.9. The molecule has 0 aliphatic carbocycles. The minimum atomic E-state index is -0.805. The molecule has 6 fully saturated rings. The van der Waals surface area contributed by atoms with Gasteiger partial charge >= 0.3 is 0 Å². The van der Waals surface area contributed by atoms with Crippen LogP contribution in [0.3, 0.4) is 0 Å². The summed E-state index contributed by atoms with van der Waals surface area (Å²) in [6, 6.07) is 14.2. The lowest BCUT2D eigenvalue weighted by atomic mass is 9.81. The van der Waals surface area contributed by atoms with Crippen LogP contribution in [0.5, 0.6) is 0 Å². The van der Waals surface area contributed by atoms with Crippen molar-refractivity contribution in [2.75, 3.05) is 0 Å². The van der Waals surface area contributed by atoms with Crippen molar-refractivity contribution in [3.05, 3.63) is 0 Å². The molecule has 6 atom stereocenters. The zero-order valence-corrected chi connectivity index (χ0v) is 52.8. The van der Waals surface area contributed by atoms with Crippen molar-refractivity contribution in [3.63, 3.8) is 0 Å². The van der Waals surface area contributed by atoms with Gasteiger partial charge in [0, 0.05) is 24.2 Å². The molecule has 6 heteroatoms. The molecule has 6 heterocycles. The second kappa shape index (κ2) is 24.4. The zero-order valence-electron chi connectivity index (χ0n) is 46.8.